The summed E-state index contributed by atoms with van der Waals surface area (Å²) in [5, 5.41) is 0. The number of ether oxygens (including phenoxy) is 1. The van der Waals surface area contributed by atoms with Crippen LogP contribution in [-0.4, -0.2) is 6.10 Å². The van der Waals surface area contributed by atoms with Crippen LogP contribution in [-0.2, 0) is 11.2 Å². The minimum Gasteiger partial charge on any atom is -0.496 e. The average Bonchev–Trinajstić information content (AvgIpc) is 2.82. The summed E-state index contributed by atoms with van der Waals surface area (Å²) in [7, 11) is 0. The molecule has 0 spiro atoms. The number of benzene rings is 3. The van der Waals surface area contributed by atoms with Gasteiger partial charge in [0, 0.05) is 6.42 Å². The van der Waals surface area contributed by atoms with E-state index in [2.05, 4.69) is 108 Å². The summed E-state index contributed by atoms with van der Waals surface area (Å²) in [4.78, 5) is 0. The first kappa shape index (κ1) is 30.0. The van der Waals surface area contributed by atoms with Crippen molar-refractivity contribution in [2.24, 2.45) is 0 Å². The fourth-order valence-electron chi connectivity index (χ4n) is 3.81. The summed E-state index contributed by atoms with van der Waals surface area (Å²) in [6, 6.07) is 23.9. The third kappa shape index (κ3) is 10.4. The predicted octanol–water partition coefficient (Wildman–Crippen LogP) is 10.3. The van der Waals surface area contributed by atoms with E-state index >= 15 is 0 Å². The molecule has 0 radical (unpaired) electrons. The second-order valence-electron chi connectivity index (χ2n) is 9.06. The molecule has 0 atom stereocenters. The van der Waals surface area contributed by atoms with Gasteiger partial charge in [-0.2, -0.15) is 0 Å². The molecule has 0 aromatic heterocycles. The Morgan fingerprint density at radius 3 is 2.06 bits per heavy atom. The van der Waals surface area contributed by atoms with E-state index in [9.17, 15) is 0 Å². The van der Waals surface area contributed by atoms with Crippen LogP contribution in [0.4, 0.5) is 0 Å². The van der Waals surface area contributed by atoms with Crippen molar-refractivity contribution in [1.29, 1.82) is 0 Å². The maximum Gasteiger partial charge on any atom is 0.0926 e. The van der Waals surface area contributed by atoms with Gasteiger partial charge in [0.05, 0.1) is 11.9 Å². The van der Waals surface area contributed by atoms with Gasteiger partial charge in [-0.25, -0.2) is 0 Å². The monoisotopic (exact) mass is 470 g/mol. The van der Waals surface area contributed by atoms with Crippen molar-refractivity contribution < 1.29 is 4.74 Å². The van der Waals surface area contributed by atoms with Crippen molar-refractivity contribution in [2.75, 3.05) is 0 Å². The SMILES string of the molecule is C=C(CCC)OC(C)C.C=C(Cc1ccccc1C)c1cc(-c2cccc(C)c2)ccc1C.CC. The Morgan fingerprint density at radius 1 is 0.800 bits per heavy atom. The van der Waals surface area contributed by atoms with Crippen LogP contribution in [0, 0.1) is 20.8 Å². The second-order valence-corrected chi connectivity index (χ2v) is 9.06. The van der Waals surface area contributed by atoms with Gasteiger partial charge in [-0.15, -0.1) is 0 Å². The van der Waals surface area contributed by atoms with Crippen molar-refractivity contribution in [3.05, 3.63) is 113 Å². The molecule has 0 aliphatic carbocycles. The van der Waals surface area contributed by atoms with E-state index in [0.717, 1.165) is 25.0 Å². The highest BCUT2D eigenvalue weighted by atomic mass is 16.5. The van der Waals surface area contributed by atoms with Crippen LogP contribution < -0.4 is 0 Å². The van der Waals surface area contributed by atoms with Crippen LogP contribution in [0.2, 0.25) is 0 Å². The number of hydrogen-bond acceptors (Lipinski definition) is 1. The third-order valence-electron chi connectivity index (χ3n) is 5.57. The number of rotatable bonds is 8. The zero-order chi connectivity index (χ0) is 26.4. The molecule has 3 aromatic carbocycles. The third-order valence-corrected chi connectivity index (χ3v) is 5.57. The van der Waals surface area contributed by atoms with Gasteiger partial charge in [0.2, 0.25) is 0 Å². The zero-order valence-corrected chi connectivity index (χ0v) is 23.4. The smallest absolute Gasteiger partial charge is 0.0926 e. The van der Waals surface area contributed by atoms with E-state index in [1.807, 2.05) is 27.7 Å². The summed E-state index contributed by atoms with van der Waals surface area (Å²) in [6.07, 6.45) is 3.28. The first-order chi connectivity index (χ1) is 16.7. The lowest BCUT2D eigenvalue weighted by Gasteiger charge is -2.14. The molecular formula is C34H46O. The predicted molar refractivity (Wildman–Crippen MR) is 157 cm³/mol. The molecule has 0 amide bonds. The molecule has 188 valence electrons. The Hall–Kier alpha value is -3.06. The summed E-state index contributed by atoms with van der Waals surface area (Å²) in [5.74, 6) is 0.910. The van der Waals surface area contributed by atoms with Crippen molar-refractivity contribution in [3.63, 3.8) is 0 Å². The summed E-state index contributed by atoms with van der Waals surface area (Å²) in [5.41, 5.74) is 10.2. The van der Waals surface area contributed by atoms with Crippen molar-refractivity contribution in [2.45, 2.75) is 80.8 Å². The first-order valence-corrected chi connectivity index (χ1v) is 13.0. The van der Waals surface area contributed by atoms with E-state index in [1.54, 1.807) is 0 Å². The molecule has 0 bridgehead atoms. The topological polar surface area (TPSA) is 9.23 Å². The number of aryl methyl sites for hydroxylation is 3. The molecule has 0 aliphatic heterocycles. The lowest BCUT2D eigenvalue weighted by molar-refractivity contribution is 0.140. The van der Waals surface area contributed by atoms with Crippen LogP contribution >= 0.6 is 0 Å². The van der Waals surface area contributed by atoms with Crippen LogP contribution in [0.5, 0.6) is 0 Å². The highest BCUT2D eigenvalue weighted by Crippen LogP contribution is 2.28. The number of allylic oxidation sites excluding steroid dienone is 2. The van der Waals surface area contributed by atoms with Gasteiger partial charge in [-0.05, 0) is 92.5 Å². The standard InChI is InChI=1S/C24H24.C8H16O.C2H6/c1-17-8-7-11-22(14-17)23-13-12-19(3)24(16-23)20(4)15-21-10-6-5-9-18(21)2;1-5-6-8(4)9-7(2)3;1-2/h5-14,16H,4,15H2,1-3H3;7H,4-6H2,1-3H3;1-2H3. The van der Waals surface area contributed by atoms with Gasteiger partial charge in [0.1, 0.15) is 0 Å². The highest BCUT2D eigenvalue weighted by molar-refractivity contribution is 5.75. The quantitative estimate of drug-likeness (QED) is 0.297. The Balaban J connectivity index is 0.000000473. The van der Waals surface area contributed by atoms with E-state index in [1.165, 1.54) is 44.5 Å². The van der Waals surface area contributed by atoms with Crippen molar-refractivity contribution >= 4 is 5.57 Å². The van der Waals surface area contributed by atoms with E-state index in [-0.39, 0.29) is 6.10 Å². The average molecular weight is 471 g/mol. The fourth-order valence-corrected chi connectivity index (χ4v) is 3.81. The van der Waals surface area contributed by atoms with Crippen LogP contribution in [0.15, 0.2) is 85.6 Å². The maximum absolute atomic E-state index is 5.30. The largest absolute Gasteiger partial charge is 0.496 e. The summed E-state index contributed by atoms with van der Waals surface area (Å²) in [6.45, 7) is 24.8. The summed E-state index contributed by atoms with van der Waals surface area (Å²) >= 11 is 0. The molecular weight excluding hydrogens is 424 g/mol. The van der Waals surface area contributed by atoms with Gasteiger partial charge in [-0.1, -0.05) is 100 Å². The van der Waals surface area contributed by atoms with E-state index in [0.29, 0.717) is 0 Å². The molecule has 0 saturated carbocycles. The van der Waals surface area contributed by atoms with E-state index in [4.69, 9.17) is 4.74 Å². The van der Waals surface area contributed by atoms with Gasteiger partial charge < -0.3 is 4.74 Å². The second kappa shape index (κ2) is 15.8. The van der Waals surface area contributed by atoms with Crippen molar-refractivity contribution in [1.82, 2.24) is 0 Å². The molecule has 0 aliphatic rings. The molecule has 1 nitrogen and oxygen atoms in total. The molecule has 0 saturated heterocycles. The summed E-state index contributed by atoms with van der Waals surface area (Å²) < 4.78 is 5.30. The Bertz CT molecular complexity index is 1070. The van der Waals surface area contributed by atoms with Gasteiger partial charge >= 0.3 is 0 Å². The zero-order valence-electron chi connectivity index (χ0n) is 23.4. The molecule has 0 unspecified atom stereocenters. The molecule has 3 rings (SSSR count). The molecule has 0 heterocycles. The van der Waals surface area contributed by atoms with Gasteiger partial charge in [0.15, 0.2) is 0 Å². The minimum atomic E-state index is 0.282. The molecule has 35 heavy (non-hydrogen) atoms. The Labute approximate surface area is 215 Å². The Morgan fingerprint density at radius 2 is 1.46 bits per heavy atom. The highest BCUT2D eigenvalue weighted by Gasteiger charge is 2.08. The maximum atomic E-state index is 5.30. The van der Waals surface area contributed by atoms with Crippen LogP contribution in [0.1, 0.15) is 75.3 Å². The van der Waals surface area contributed by atoms with Crippen molar-refractivity contribution in [3.8, 4) is 11.1 Å². The van der Waals surface area contributed by atoms with Crippen LogP contribution in [0.3, 0.4) is 0 Å². The fraction of sp³-hybridized carbons (Fsp3) is 0.353. The molecule has 1 heteroatoms. The minimum absolute atomic E-state index is 0.282. The van der Waals surface area contributed by atoms with Crippen LogP contribution in [0.25, 0.3) is 16.7 Å². The molecule has 0 fully saturated rings. The lowest BCUT2D eigenvalue weighted by Crippen LogP contribution is -2.00. The first-order valence-electron chi connectivity index (χ1n) is 13.0. The normalized spacial score (nSPS) is 9.97. The Kier molecular flexibility index (Phi) is 13.5. The molecule has 0 N–H and O–H groups in total. The lowest BCUT2D eigenvalue weighted by atomic mass is 9.91. The van der Waals surface area contributed by atoms with Gasteiger partial charge in [0.25, 0.3) is 0 Å². The molecule has 3 aromatic rings. The number of hydrogen-bond donors (Lipinski definition) is 0. The van der Waals surface area contributed by atoms with Gasteiger partial charge in [-0.3, -0.25) is 0 Å². The van der Waals surface area contributed by atoms with E-state index < -0.39 is 0 Å².